The Bertz CT molecular complexity index is 349. The third-order valence-electron chi connectivity index (χ3n) is 2.58. The van der Waals surface area contributed by atoms with Gasteiger partial charge >= 0.3 is 0 Å². The number of benzene rings is 1. The Morgan fingerprint density at radius 2 is 1.95 bits per heavy atom. The number of ether oxygens (including phenoxy) is 3. The fourth-order valence-corrected chi connectivity index (χ4v) is 2.60. The maximum Gasteiger partial charge on any atom is 0.0929 e. The quantitative estimate of drug-likeness (QED) is 0.340. The van der Waals surface area contributed by atoms with Crippen LogP contribution in [0.1, 0.15) is 18.1 Å². The van der Waals surface area contributed by atoms with Gasteiger partial charge in [-0.15, -0.1) is 0 Å². The lowest BCUT2D eigenvalue weighted by Gasteiger charge is -2.17. The summed E-state index contributed by atoms with van der Waals surface area (Å²) in [5, 5.41) is 0.755. The number of hydrogen-bond acceptors (Lipinski definition) is 3. The summed E-state index contributed by atoms with van der Waals surface area (Å²) in [5.41, 5.74) is 1.04. The largest absolute Gasteiger partial charge is 0.385 e. The topological polar surface area (TPSA) is 27.7 Å². The van der Waals surface area contributed by atoms with Crippen molar-refractivity contribution in [2.75, 3.05) is 38.0 Å². The Morgan fingerprint density at radius 1 is 1.16 bits per heavy atom. The highest BCUT2D eigenvalue weighted by atomic mass is 127. The van der Waals surface area contributed by atoms with Crippen molar-refractivity contribution in [1.29, 1.82) is 0 Å². The average molecular weight is 399 g/mol. The number of halogens is 2. The molecule has 0 heterocycles. The van der Waals surface area contributed by atoms with Gasteiger partial charge in [0.25, 0.3) is 0 Å². The van der Waals surface area contributed by atoms with Gasteiger partial charge in [-0.1, -0.05) is 52.4 Å². The number of rotatable bonds is 10. The zero-order valence-electron chi connectivity index (χ0n) is 11.1. The lowest BCUT2D eigenvalue weighted by Crippen LogP contribution is -2.12. The molecule has 1 aromatic rings. The zero-order chi connectivity index (χ0) is 13.9. The molecule has 108 valence electrons. The van der Waals surface area contributed by atoms with Crippen molar-refractivity contribution >= 4 is 34.2 Å². The minimum absolute atomic E-state index is 0.0249. The van der Waals surface area contributed by atoms with Gasteiger partial charge in [-0.3, -0.25) is 0 Å². The normalized spacial score (nSPS) is 12.6. The molecule has 5 heteroatoms. The maximum absolute atomic E-state index is 6.17. The molecule has 1 unspecified atom stereocenters. The molecule has 0 bridgehead atoms. The Labute approximate surface area is 133 Å². The predicted molar refractivity (Wildman–Crippen MR) is 86.3 cm³/mol. The Balaban J connectivity index is 2.24. The van der Waals surface area contributed by atoms with Crippen molar-refractivity contribution in [3.63, 3.8) is 0 Å². The minimum atomic E-state index is 0.0249. The van der Waals surface area contributed by atoms with Gasteiger partial charge in [-0.05, 0) is 12.5 Å². The van der Waals surface area contributed by atoms with Gasteiger partial charge in [-0.2, -0.15) is 0 Å². The summed E-state index contributed by atoms with van der Waals surface area (Å²) in [6.45, 7) is 2.61. The van der Waals surface area contributed by atoms with Crippen LogP contribution in [0.4, 0.5) is 0 Å². The molecule has 0 fully saturated rings. The molecule has 0 aliphatic carbocycles. The lowest BCUT2D eigenvalue weighted by molar-refractivity contribution is 0.0104. The highest BCUT2D eigenvalue weighted by Gasteiger charge is 2.13. The van der Waals surface area contributed by atoms with Gasteiger partial charge in [0.2, 0.25) is 0 Å². The second-order valence-electron chi connectivity index (χ2n) is 3.99. The van der Waals surface area contributed by atoms with Crippen LogP contribution in [0.3, 0.4) is 0 Å². The minimum Gasteiger partial charge on any atom is -0.385 e. The average Bonchev–Trinajstić information content (AvgIpc) is 2.43. The first kappa shape index (κ1) is 17.2. The molecular formula is C14H20ClIO3. The molecule has 19 heavy (non-hydrogen) atoms. The zero-order valence-corrected chi connectivity index (χ0v) is 14.0. The molecule has 1 atom stereocenters. The van der Waals surface area contributed by atoms with Gasteiger partial charge in [-0.25, -0.2) is 0 Å². The summed E-state index contributed by atoms with van der Waals surface area (Å²) in [6, 6.07) is 7.80. The van der Waals surface area contributed by atoms with E-state index in [9.17, 15) is 0 Å². The smallest absolute Gasteiger partial charge is 0.0929 e. The van der Waals surface area contributed by atoms with Crippen LogP contribution in [0.25, 0.3) is 0 Å². The van der Waals surface area contributed by atoms with E-state index in [1.807, 2.05) is 24.3 Å². The standard InChI is InChI=1S/C14H20ClIO3/c1-17-7-4-8-18-9-10-19-14(11-16)12-5-2-3-6-13(12)15/h2-3,5-6,14H,4,7-11H2,1H3. The van der Waals surface area contributed by atoms with Crippen molar-refractivity contribution in [1.82, 2.24) is 0 Å². The second-order valence-corrected chi connectivity index (χ2v) is 5.28. The van der Waals surface area contributed by atoms with Crippen LogP contribution in [0.2, 0.25) is 5.02 Å². The van der Waals surface area contributed by atoms with Crippen LogP contribution in [-0.2, 0) is 14.2 Å². The van der Waals surface area contributed by atoms with Crippen molar-refractivity contribution in [2.45, 2.75) is 12.5 Å². The Kier molecular flexibility index (Phi) is 9.81. The van der Waals surface area contributed by atoms with Crippen LogP contribution >= 0.6 is 34.2 Å². The summed E-state index contributed by atoms with van der Waals surface area (Å²) in [6.07, 6.45) is 0.938. The van der Waals surface area contributed by atoms with E-state index < -0.39 is 0 Å². The highest BCUT2D eigenvalue weighted by molar-refractivity contribution is 14.1. The summed E-state index contributed by atoms with van der Waals surface area (Å²) in [4.78, 5) is 0. The molecular weight excluding hydrogens is 379 g/mol. The SMILES string of the molecule is COCCCOCCOC(CI)c1ccccc1Cl. The van der Waals surface area contributed by atoms with Gasteiger partial charge in [0.1, 0.15) is 0 Å². The Morgan fingerprint density at radius 3 is 2.63 bits per heavy atom. The van der Waals surface area contributed by atoms with E-state index in [1.165, 1.54) is 0 Å². The second kappa shape index (κ2) is 10.9. The fraction of sp³-hybridized carbons (Fsp3) is 0.571. The molecule has 0 saturated heterocycles. The number of hydrogen-bond donors (Lipinski definition) is 0. The molecule has 0 aromatic heterocycles. The monoisotopic (exact) mass is 398 g/mol. The number of alkyl halides is 1. The van der Waals surface area contributed by atoms with Crippen molar-refractivity contribution in [2.24, 2.45) is 0 Å². The van der Waals surface area contributed by atoms with Crippen LogP contribution in [0.15, 0.2) is 24.3 Å². The van der Waals surface area contributed by atoms with Crippen molar-refractivity contribution in [3.8, 4) is 0 Å². The van der Waals surface area contributed by atoms with Crippen molar-refractivity contribution < 1.29 is 14.2 Å². The predicted octanol–water partition coefficient (Wildman–Crippen LogP) is 3.89. The molecule has 0 saturated carbocycles. The molecule has 0 N–H and O–H groups in total. The van der Waals surface area contributed by atoms with E-state index in [0.29, 0.717) is 19.8 Å². The van der Waals surface area contributed by atoms with Gasteiger partial charge < -0.3 is 14.2 Å². The van der Waals surface area contributed by atoms with E-state index in [2.05, 4.69) is 22.6 Å². The number of methoxy groups -OCH3 is 1. The van der Waals surface area contributed by atoms with E-state index in [0.717, 1.165) is 28.0 Å². The van der Waals surface area contributed by atoms with Crippen LogP contribution < -0.4 is 0 Å². The van der Waals surface area contributed by atoms with E-state index in [1.54, 1.807) is 7.11 Å². The lowest BCUT2D eigenvalue weighted by atomic mass is 10.1. The van der Waals surface area contributed by atoms with Gasteiger partial charge in [0.15, 0.2) is 0 Å². The fourth-order valence-electron chi connectivity index (χ4n) is 1.61. The van der Waals surface area contributed by atoms with Gasteiger partial charge in [0, 0.05) is 35.3 Å². The first-order valence-corrected chi connectivity index (χ1v) is 8.18. The van der Waals surface area contributed by atoms with E-state index in [-0.39, 0.29) is 6.10 Å². The molecule has 0 spiro atoms. The first-order chi connectivity index (χ1) is 9.29. The molecule has 0 aliphatic rings. The maximum atomic E-state index is 6.17. The van der Waals surface area contributed by atoms with E-state index in [4.69, 9.17) is 25.8 Å². The van der Waals surface area contributed by atoms with Gasteiger partial charge in [0.05, 0.1) is 19.3 Å². The Hall–Kier alpha value is 0.120. The summed E-state index contributed by atoms with van der Waals surface area (Å²) < 4.78 is 17.1. The molecule has 0 aliphatic heterocycles. The van der Waals surface area contributed by atoms with Crippen LogP contribution in [0, 0.1) is 0 Å². The highest BCUT2D eigenvalue weighted by Crippen LogP contribution is 2.26. The third-order valence-corrected chi connectivity index (χ3v) is 3.72. The summed E-state index contributed by atoms with van der Waals surface area (Å²) >= 11 is 8.47. The molecule has 0 amide bonds. The molecule has 1 rings (SSSR count). The van der Waals surface area contributed by atoms with Crippen LogP contribution in [-0.4, -0.2) is 38.0 Å². The molecule has 0 radical (unpaired) electrons. The molecule has 1 aromatic carbocycles. The molecule has 3 nitrogen and oxygen atoms in total. The third kappa shape index (κ3) is 6.90. The van der Waals surface area contributed by atoms with Crippen LogP contribution in [0.5, 0.6) is 0 Å². The summed E-state index contributed by atoms with van der Waals surface area (Å²) in [5.74, 6) is 0. The first-order valence-electron chi connectivity index (χ1n) is 6.28. The van der Waals surface area contributed by atoms with E-state index >= 15 is 0 Å². The summed E-state index contributed by atoms with van der Waals surface area (Å²) in [7, 11) is 1.69. The van der Waals surface area contributed by atoms with Crippen molar-refractivity contribution in [3.05, 3.63) is 34.9 Å².